The van der Waals surface area contributed by atoms with Crippen LogP contribution in [0.1, 0.15) is 29.3 Å². The van der Waals surface area contributed by atoms with Gasteiger partial charge in [0.25, 0.3) is 0 Å². The Morgan fingerprint density at radius 3 is 2.80 bits per heavy atom. The second kappa shape index (κ2) is 4.88. The van der Waals surface area contributed by atoms with Gasteiger partial charge in [0.1, 0.15) is 0 Å². The van der Waals surface area contributed by atoms with E-state index in [9.17, 15) is 4.79 Å². The first-order valence-electron chi connectivity index (χ1n) is 6.40. The van der Waals surface area contributed by atoms with Gasteiger partial charge in [-0.2, -0.15) is 4.98 Å². The minimum atomic E-state index is -0.0529. The number of carbonyl (C=O) groups excluding carboxylic acids is 1. The number of rotatable bonds is 4. The average molecular weight is 270 g/mol. The molecule has 0 unspecified atom stereocenters. The molecule has 0 spiro atoms. The van der Waals surface area contributed by atoms with E-state index in [4.69, 9.17) is 4.52 Å². The third kappa shape index (κ3) is 2.20. The van der Waals surface area contributed by atoms with Crippen LogP contribution in [-0.2, 0) is 13.0 Å². The van der Waals surface area contributed by atoms with Crippen LogP contribution < -0.4 is 0 Å². The topological polar surface area (TPSA) is 73.8 Å². The lowest BCUT2D eigenvalue weighted by Crippen LogP contribution is -2.09. The molecule has 102 valence electrons. The fourth-order valence-corrected chi connectivity index (χ4v) is 2.22. The number of carbonyl (C=O) groups is 1. The Balaban J connectivity index is 1.96. The number of imidazole rings is 1. The second-order valence-electron chi connectivity index (χ2n) is 4.62. The van der Waals surface area contributed by atoms with Gasteiger partial charge in [-0.1, -0.05) is 17.3 Å². The Labute approximate surface area is 115 Å². The van der Waals surface area contributed by atoms with Crippen molar-refractivity contribution in [3.05, 3.63) is 41.8 Å². The molecule has 0 radical (unpaired) electrons. The molecule has 1 aromatic carbocycles. The van der Waals surface area contributed by atoms with Crippen molar-refractivity contribution in [3.8, 4) is 0 Å². The van der Waals surface area contributed by atoms with Gasteiger partial charge in [-0.25, -0.2) is 4.98 Å². The molecule has 0 saturated heterocycles. The van der Waals surface area contributed by atoms with Crippen molar-refractivity contribution >= 4 is 16.8 Å². The van der Waals surface area contributed by atoms with E-state index in [1.54, 1.807) is 6.92 Å². The normalized spacial score (nSPS) is 11.1. The molecule has 2 aromatic heterocycles. The van der Waals surface area contributed by atoms with Crippen molar-refractivity contribution in [2.75, 3.05) is 0 Å². The van der Waals surface area contributed by atoms with Gasteiger partial charge < -0.3 is 9.09 Å². The van der Waals surface area contributed by atoms with E-state index in [0.29, 0.717) is 30.5 Å². The molecule has 0 fully saturated rings. The summed E-state index contributed by atoms with van der Waals surface area (Å²) in [5.74, 6) is 1.59. The Bertz CT molecular complexity index is 772. The lowest BCUT2D eigenvalue weighted by molar-refractivity contribution is 0.0999. The van der Waals surface area contributed by atoms with Crippen LogP contribution in [0, 0.1) is 6.92 Å². The molecular formula is C14H14N4O2. The number of Topliss-reactive ketones (excluding diaryl/α,β-unsaturated/α-hetero) is 1. The lowest BCUT2D eigenvalue weighted by atomic mass is 10.3. The Morgan fingerprint density at radius 1 is 1.30 bits per heavy atom. The summed E-state index contributed by atoms with van der Waals surface area (Å²) in [5, 5.41) is 3.76. The number of fused-ring (bicyclic) bond motifs is 1. The van der Waals surface area contributed by atoms with Crippen molar-refractivity contribution < 1.29 is 9.32 Å². The van der Waals surface area contributed by atoms with Crippen LogP contribution in [0.15, 0.2) is 28.8 Å². The molecule has 6 heteroatoms. The maximum atomic E-state index is 11.7. The van der Waals surface area contributed by atoms with Crippen LogP contribution in [0.4, 0.5) is 0 Å². The van der Waals surface area contributed by atoms with Crippen molar-refractivity contribution in [2.24, 2.45) is 0 Å². The smallest absolute Gasteiger partial charge is 0.228 e. The van der Waals surface area contributed by atoms with Crippen molar-refractivity contribution in [1.82, 2.24) is 19.7 Å². The number of nitrogens with zero attached hydrogens (tertiary/aromatic N) is 4. The monoisotopic (exact) mass is 270 g/mol. The van der Waals surface area contributed by atoms with Crippen molar-refractivity contribution in [3.63, 3.8) is 0 Å². The molecule has 0 amide bonds. The Kier molecular flexibility index (Phi) is 3.06. The minimum absolute atomic E-state index is 0.0529. The highest BCUT2D eigenvalue weighted by Crippen LogP contribution is 2.17. The van der Waals surface area contributed by atoms with Crippen LogP contribution in [0.2, 0.25) is 0 Å². The molecule has 0 N–H and O–H groups in total. The zero-order valence-electron chi connectivity index (χ0n) is 11.3. The van der Waals surface area contributed by atoms with Gasteiger partial charge in [-0.05, 0) is 19.1 Å². The van der Waals surface area contributed by atoms with E-state index in [-0.39, 0.29) is 5.78 Å². The van der Waals surface area contributed by atoms with Crippen molar-refractivity contribution in [2.45, 2.75) is 26.8 Å². The Morgan fingerprint density at radius 2 is 2.10 bits per heavy atom. The van der Waals surface area contributed by atoms with E-state index < -0.39 is 0 Å². The average Bonchev–Trinajstić information content (AvgIpc) is 3.00. The molecule has 0 atom stereocenters. The summed E-state index contributed by atoms with van der Waals surface area (Å²) in [4.78, 5) is 20.3. The van der Waals surface area contributed by atoms with Gasteiger partial charge in [0.2, 0.25) is 5.89 Å². The summed E-state index contributed by atoms with van der Waals surface area (Å²) >= 11 is 0. The minimum Gasteiger partial charge on any atom is -0.339 e. The van der Waals surface area contributed by atoms with Crippen LogP contribution in [-0.4, -0.2) is 25.5 Å². The van der Waals surface area contributed by atoms with Gasteiger partial charge in [0, 0.05) is 19.9 Å². The van der Waals surface area contributed by atoms with Gasteiger partial charge in [-0.3, -0.25) is 4.79 Å². The van der Waals surface area contributed by atoms with Gasteiger partial charge >= 0.3 is 0 Å². The number of aryl methyl sites for hydroxylation is 3. The summed E-state index contributed by atoms with van der Waals surface area (Å²) in [6, 6.07) is 7.69. The SMILES string of the molecule is CC(=O)c1nc2ccccc2n1CCc1nc(C)no1. The summed E-state index contributed by atoms with van der Waals surface area (Å²) < 4.78 is 7.00. The molecule has 0 saturated carbocycles. The summed E-state index contributed by atoms with van der Waals surface area (Å²) in [5.41, 5.74) is 1.76. The molecule has 20 heavy (non-hydrogen) atoms. The molecule has 3 aromatic rings. The Hall–Kier alpha value is -2.50. The first-order valence-corrected chi connectivity index (χ1v) is 6.40. The number of aromatic nitrogens is 4. The first kappa shape index (κ1) is 12.5. The van der Waals surface area contributed by atoms with Crippen LogP contribution in [0.25, 0.3) is 11.0 Å². The van der Waals surface area contributed by atoms with Crippen LogP contribution >= 0.6 is 0 Å². The van der Waals surface area contributed by atoms with Crippen molar-refractivity contribution in [1.29, 1.82) is 0 Å². The van der Waals surface area contributed by atoms with E-state index >= 15 is 0 Å². The number of benzene rings is 1. The number of ketones is 1. The molecule has 0 aliphatic carbocycles. The third-order valence-corrected chi connectivity index (χ3v) is 3.09. The lowest BCUT2D eigenvalue weighted by Gasteiger charge is -2.05. The molecular weight excluding hydrogens is 256 g/mol. The largest absolute Gasteiger partial charge is 0.339 e. The predicted molar refractivity (Wildman–Crippen MR) is 72.5 cm³/mol. The highest BCUT2D eigenvalue weighted by molar-refractivity contribution is 5.94. The maximum Gasteiger partial charge on any atom is 0.228 e. The molecule has 0 aliphatic heterocycles. The van der Waals surface area contributed by atoms with Crippen LogP contribution in [0.3, 0.4) is 0 Å². The number of para-hydroxylation sites is 2. The fourth-order valence-electron chi connectivity index (χ4n) is 2.22. The van der Waals surface area contributed by atoms with Crippen LogP contribution in [0.5, 0.6) is 0 Å². The second-order valence-corrected chi connectivity index (χ2v) is 4.62. The maximum absolute atomic E-state index is 11.7. The third-order valence-electron chi connectivity index (χ3n) is 3.09. The quantitative estimate of drug-likeness (QED) is 0.679. The standard InChI is InChI=1S/C14H14N4O2/c1-9(19)14-16-11-5-3-4-6-12(11)18(14)8-7-13-15-10(2)17-20-13/h3-6H,7-8H2,1-2H3. The van der Waals surface area contributed by atoms with Gasteiger partial charge in [0.15, 0.2) is 17.4 Å². The zero-order valence-corrected chi connectivity index (χ0v) is 11.3. The van der Waals surface area contributed by atoms with E-state index in [0.717, 1.165) is 11.0 Å². The summed E-state index contributed by atoms with van der Waals surface area (Å²) in [7, 11) is 0. The molecule has 0 aliphatic rings. The molecule has 2 heterocycles. The highest BCUT2D eigenvalue weighted by Gasteiger charge is 2.14. The highest BCUT2D eigenvalue weighted by atomic mass is 16.5. The summed E-state index contributed by atoms with van der Waals surface area (Å²) in [6.45, 7) is 3.88. The number of hydrogen-bond donors (Lipinski definition) is 0. The van der Waals surface area contributed by atoms with Gasteiger partial charge in [-0.15, -0.1) is 0 Å². The van der Waals surface area contributed by atoms with E-state index in [1.165, 1.54) is 6.92 Å². The molecule has 0 bridgehead atoms. The first-order chi connectivity index (χ1) is 9.65. The summed E-state index contributed by atoms with van der Waals surface area (Å²) in [6.07, 6.45) is 0.571. The predicted octanol–water partition coefficient (Wildman–Crippen LogP) is 2.17. The molecule has 3 rings (SSSR count). The van der Waals surface area contributed by atoms with Gasteiger partial charge in [0.05, 0.1) is 11.0 Å². The fraction of sp³-hybridized carbons (Fsp3) is 0.286. The van der Waals surface area contributed by atoms with E-state index in [2.05, 4.69) is 15.1 Å². The van der Waals surface area contributed by atoms with E-state index in [1.807, 2.05) is 28.8 Å². The molecule has 6 nitrogen and oxygen atoms in total. The zero-order chi connectivity index (χ0) is 14.1. The number of hydrogen-bond acceptors (Lipinski definition) is 5.